The van der Waals surface area contributed by atoms with Gasteiger partial charge in [-0.3, -0.25) is 9.59 Å². The first-order chi connectivity index (χ1) is 14.7. The minimum Gasteiger partial charge on any atom is -0.495 e. The molecule has 0 bridgehead atoms. The number of carbonyl (C=O) groups excluding carboxylic acids is 2. The van der Waals surface area contributed by atoms with E-state index in [0.29, 0.717) is 35.7 Å². The van der Waals surface area contributed by atoms with Crippen molar-refractivity contribution < 1.29 is 14.3 Å². The summed E-state index contributed by atoms with van der Waals surface area (Å²) < 4.78 is 5.44. The van der Waals surface area contributed by atoms with Crippen molar-refractivity contribution in [3.8, 4) is 5.75 Å². The second-order valence-corrected chi connectivity index (χ2v) is 8.01. The molecule has 30 heavy (non-hydrogen) atoms. The van der Waals surface area contributed by atoms with Gasteiger partial charge in [-0.25, -0.2) is 0 Å². The molecule has 0 unspecified atom stereocenters. The van der Waals surface area contributed by atoms with Gasteiger partial charge in [-0.2, -0.15) is 0 Å². The van der Waals surface area contributed by atoms with E-state index in [0.717, 1.165) is 30.2 Å². The molecule has 154 valence electrons. The fourth-order valence-corrected chi connectivity index (χ4v) is 4.70. The summed E-state index contributed by atoms with van der Waals surface area (Å²) in [7, 11) is 1.59. The number of rotatable bonds is 4. The van der Waals surface area contributed by atoms with Crippen LogP contribution in [-0.4, -0.2) is 30.5 Å². The Balaban J connectivity index is 1.47. The average Bonchev–Trinajstić information content (AvgIpc) is 3.36. The number of hydrogen-bond acceptors (Lipinski definition) is 3. The average molecular weight is 403 g/mol. The monoisotopic (exact) mass is 403 g/mol. The Morgan fingerprint density at radius 2 is 1.97 bits per heavy atom. The molecule has 1 saturated heterocycles. The number of amides is 2. The lowest BCUT2D eigenvalue weighted by Gasteiger charge is -2.20. The molecule has 1 aromatic heterocycles. The van der Waals surface area contributed by atoms with E-state index in [-0.39, 0.29) is 11.8 Å². The van der Waals surface area contributed by atoms with E-state index in [1.54, 1.807) is 24.1 Å². The predicted molar refractivity (Wildman–Crippen MR) is 117 cm³/mol. The van der Waals surface area contributed by atoms with Crippen LogP contribution in [0.25, 0.3) is 10.9 Å². The largest absolute Gasteiger partial charge is 0.495 e. The molecule has 2 aliphatic rings. The molecule has 0 radical (unpaired) electrons. The van der Waals surface area contributed by atoms with E-state index in [9.17, 15) is 9.59 Å². The third-order valence-corrected chi connectivity index (χ3v) is 6.18. The predicted octanol–water partition coefficient (Wildman–Crippen LogP) is 4.43. The summed E-state index contributed by atoms with van der Waals surface area (Å²) >= 11 is 0. The number of nitrogens with zero attached hydrogens (tertiary/aromatic N) is 1. The highest BCUT2D eigenvalue weighted by molar-refractivity contribution is 6.13. The number of H-pyrrole nitrogens is 1. The molecule has 5 rings (SSSR count). The first kappa shape index (κ1) is 18.7. The Morgan fingerprint density at radius 1 is 1.10 bits per heavy atom. The van der Waals surface area contributed by atoms with Gasteiger partial charge in [0.25, 0.3) is 5.91 Å². The van der Waals surface area contributed by atoms with Gasteiger partial charge in [0.2, 0.25) is 5.91 Å². The van der Waals surface area contributed by atoms with E-state index >= 15 is 0 Å². The standard InChI is InChI=1S/C24H25N3O3/c1-30-21-12-11-15(14-20(21)27-13-5-10-22(27)28)25-24(29)18-8-4-7-17-16-6-2-3-9-19(16)26-23(17)18/h4,7-8,11-12,14,26H,2-3,5-6,9-10,13H2,1H3,(H,25,29). The summed E-state index contributed by atoms with van der Waals surface area (Å²) in [6.45, 7) is 0.667. The highest BCUT2D eigenvalue weighted by Crippen LogP contribution is 2.35. The smallest absolute Gasteiger partial charge is 0.257 e. The van der Waals surface area contributed by atoms with Crippen LogP contribution in [0.5, 0.6) is 5.75 Å². The molecule has 3 aromatic rings. The van der Waals surface area contributed by atoms with E-state index in [1.165, 1.54) is 24.1 Å². The number of para-hydroxylation sites is 1. The topological polar surface area (TPSA) is 74.4 Å². The number of nitrogens with one attached hydrogen (secondary N) is 2. The summed E-state index contributed by atoms with van der Waals surface area (Å²) in [5, 5.41) is 4.16. The molecule has 6 heteroatoms. The SMILES string of the molecule is COc1ccc(NC(=O)c2cccc3c4c([nH]c23)CCCC4)cc1N1CCCC1=O. The third kappa shape index (κ3) is 3.12. The van der Waals surface area contributed by atoms with Gasteiger partial charge in [0.1, 0.15) is 5.75 Å². The zero-order valence-corrected chi connectivity index (χ0v) is 17.1. The second kappa shape index (κ2) is 7.52. The number of aromatic nitrogens is 1. The van der Waals surface area contributed by atoms with Gasteiger partial charge >= 0.3 is 0 Å². The van der Waals surface area contributed by atoms with Crippen molar-refractivity contribution in [2.24, 2.45) is 0 Å². The molecule has 2 amide bonds. The van der Waals surface area contributed by atoms with Crippen LogP contribution in [0.15, 0.2) is 36.4 Å². The van der Waals surface area contributed by atoms with Crippen LogP contribution >= 0.6 is 0 Å². The summed E-state index contributed by atoms with van der Waals surface area (Å²) in [6, 6.07) is 11.3. The normalized spacial score (nSPS) is 16.0. The summed E-state index contributed by atoms with van der Waals surface area (Å²) in [4.78, 5) is 30.6. The van der Waals surface area contributed by atoms with E-state index in [2.05, 4.69) is 16.4 Å². The zero-order chi connectivity index (χ0) is 20.7. The molecular formula is C24H25N3O3. The number of fused-ring (bicyclic) bond motifs is 3. The van der Waals surface area contributed by atoms with E-state index in [1.807, 2.05) is 18.2 Å². The van der Waals surface area contributed by atoms with Gasteiger partial charge in [-0.1, -0.05) is 12.1 Å². The number of carbonyl (C=O) groups is 2. The van der Waals surface area contributed by atoms with Gasteiger partial charge < -0.3 is 19.9 Å². The molecule has 0 saturated carbocycles. The maximum atomic E-state index is 13.1. The number of anilines is 2. The van der Waals surface area contributed by atoms with Crippen molar-refractivity contribution in [1.82, 2.24) is 4.98 Å². The van der Waals surface area contributed by atoms with Gasteiger partial charge in [0.05, 0.1) is 23.9 Å². The van der Waals surface area contributed by atoms with Crippen LogP contribution in [0.2, 0.25) is 0 Å². The number of aryl methyl sites for hydroxylation is 2. The molecule has 6 nitrogen and oxygen atoms in total. The minimum atomic E-state index is -0.164. The number of aromatic amines is 1. The second-order valence-electron chi connectivity index (χ2n) is 8.01. The quantitative estimate of drug-likeness (QED) is 0.677. The molecule has 0 atom stereocenters. The van der Waals surface area contributed by atoms with E-state index in [4.69, 9.17) is 4.74 Å². The van der Waals surface area contributed by atoms with E-state index < -0.39 is 0 Å². The fourth-order valence-electron chi connectivity index (χ4n) is 4.70. The highest BCUT2D eigenvalue weighted by Gasteiger charge is 2.25. The van der Waals surface area contributed by atoms with Crippen molar-refractivity contribution in [3.05, 3.63) is 53.2 Å². The first-order valence-corrected chi connectivity index (χ1v) is 10.6. The Morgan fingerprint density at radius 3 is 2.77 bits per heavy atom. The maximum absolute atomic E-state index is 13.1. The van der Waals surface area contributed by atoms with Gasteiger partial charge in [-0.05, 0) is 61.9 Å². The maximum Gasteiger partial charge on any atom is 0.257 e. The first-order valence-electron chi connectivity index (χ1n) is 10.6. The van der Waals surface area contributed by atoms with Gasteiger partial charge in [0, 0.05) is 29.7 Å². The van der Waals surface area contributed by atoms with Crippen LogP contribution in [0.3, 0.4) is 0 Å². The lowest BCUT2D eigenvalue weighted by Crippen LogP contribution is -2.24. The molecule has 0 spiro atoms. The lowest BCUT2D eigenvalue weighted by molar-refractivity contribution is -0.117. The lowest BCUT2D eigenvalue weighted by atomic mass is 9.95. The third-order valence-electron chi connectivity index (χ3n) is 6.18. The number of methoxy groups -OCH3 is 1. The van der Waals surface area contributed by atoms with Crippen molar-refractivity contribution >= 4 is 34.1 Å². The van der Waals surface area contributed by atoms with Crippen LogP contribution in [0.4, 0.5) is 11.4 Å². The molecule has 1 aliphatic carbocycles. The highest BCUT2D eigenvalue weighted by atomic mass is 16.5. The van der Waals surface area contributed by atoms with Crippen LogP contribution < -0.4 is 15.0 Å². The van der Waals surface area contributed by atoms with Crippen LogP contribution in [0, 0.1) is 0 Å². The zero-order valence-electron chi connectivity index (χ0n) is 17.1. The van der Waals surface area contributed by atoms with Crippen molar-refractivity contribution in [1.29, 1.82) is 0 Å². The van der Waals surface area contributed by atoms with Crippen molar-refractivity contribution in [2.75, 3.05) is 23.9 Å². The van der Waals surface area contributed by atoms with Gasteiger partial charge in [-0.15, -0.1) is 0 Å². The molecular weight excluding hydrogens is 378 g/mol. The van der Waals surface area contributed by atoms with Crippen molar-refractivity contribution in [2.45, 2.75) is 38.5 Å². The summed E-state index contributed by atoms with van der Waals surface area (Å²) in [5.74, 6) is 0.545. The summed E-state index contributed by atoms with van der Waals surface area (Å²) in [5.41, 5.74) is 5.50. The molecule has 2 heterocycles. The number of benzene rings is 2. The van der Waals surface area contributed by atoms with Crippen molar-refractivity contribution in [3.63, 3.8) is 0 Å². The molecule has 2 N–H and O–H groups in total. The number of ether oxygens (including phenoxy) is 1. The van der Waals surface area contributed by atoms with Gasteiger partial charge in [0.15, 0.2) is 0 Å². The minimum absolute atomic E-state index is 0.0820. The Hall–Kier alpha value is -3.28. The Labute approximate surface area is 175 Å². The summed E-state index contributed by atoms with van der Waals surface area (Å²) in [6.07, 6.45) is 5.85. The molecule has 1 fully saturated rings. The molecule has 1 aliphatic heterocycles. The fraction of sp³-hybridized carbons (Fsp3) is 0.333. The number of hydrogen-bond donors (Lipinski definition) is 2. The van der Waals surface area contributed by atoms with Crippen LogP contribution in [-0.2, 0) is 17.6 Å². The Bertz CT molecular complexity index is 1150. The Kier molecular flexibility index (Phi) is 4.69. The molecule has 2 aromatic carbocycles. The van der Waals surface area contributed by atoms with Crippen LogP contribution in [0.1, 0.15) is 47.3 Å².